The number of alkyl halides is 1. The maximum absolute atomic E-state index is 12.9. The summed E-state index contributed by atoms with van der Waals surface area (Å²) in [7, 11) is 0. The van der Waals surface area contributed by atoms with Crippen LogP contribution in [0.25, 0.3) is 11.1 Å². The number of aliphatic hydroxyl groups is 1. The molecule has 3 aromatic rings. The SMILES string of the molecule is Cc1ccc(NC(=O)c2cccc(CF)c2)cc1-c1ccnc(N2CCO[C@H](CO)C2)c1. The highest BCUT2D eigenvalue weighted by Crippen LogP contribution is 2.29. The molecule has 0 bridgehead atoms. The molecule has 0 radical (unpaired) electrons. The molecule has 1 fully saturated rings. The third-order valence-electron chi connectivity index (χ3n) is 5.56. The Bertz CT molecular complexity index is 1110. The molecule has 7 heteroatoms. The fraction of sp³-hybridized carbons (Fsp3) is 0.280. The number of nitrogens with one attached hydrogen (secondary N) is 1. The first kappa shape index (κ1) is 21.9. The first-order valence-corrected chi connectivity index (χ1v) is 10.6. The van der Waals surface area contributed by atoms with Crippen LogP contribution < -0.4 is 10.2 Å². The molecule has 32 heavy (non-hydrogen) atoms. The number of halogens is 1. The van der Waals surface area contributed by atoms with Crippen LogP contribution in [-0.2, 0) is 11.4 Å². The third-order valence-corrected chi connectivity index (χ3v) is 5.56. The lowest BCUT2D eigenvalue weighted by atomic mass is 10.0. The number of carbonyl (C=O) groups is 1. The second kappa shape index (κ2) is 9.89. The number of aromatic nitrogens is 1. The summed E-state index contributed by atoms with van der Waals surface area (Å²) in [5.41, 5.74) is 4.57. The number of amides is 1. The number of pyridine rings is 1. The van der Waals surface area contributed by atoms with E-state index in [1.165, 1.54) is 0 Å². The fourth-order valence-electron chi connectivity index (χ4n) is 3.81. The van der Waals surface area contributed by atoms with Crippen molar-refractivity contribution in [2.45, 2.75) is 19.7 Å². The molecule has 2 heterocycles. The molecule has 1 saturated heterocycles. The molecule has 1 atom stereocenters. The number of hydrogen-bond acceptors (Lipinski definition) is 5. The number of hydrogen-bond donors (Lipinski definition) is 2. The predicted molar refractivity (Wildman–Crippen MR) is 123 cm³/mol. The monoisotopic (exact) mass is 435 g/mol. The van der Waals surface area contributed by atoms with Crippen molar-refractivity contribution < 1.29 is 19.0 Å². The highest BCUT2D eigenvalue weighted by Gasteiger charge is 2.21. The Balaban J connectivity index is 1.57. The van der Waals surface area contributed by atoms with E-state index in [9.17, 15) is 14.3 Å². The first-order chi connectivity index (χ1) is 15.6. The predicted octanol–water partition coefficient (Wildman–Crippen LogP) is 3.98. The maximum Gasteiger partial charge on any atom is 0.255 e. The number of aliphatic hydroxyl groups excluding tert-OH is 1. The van der Waals surface area contributed by atoms with Crippen LogP contribution in [-0.4, -0.2) is 48.4 Å². The minimum absolute atomic E-state index is 0.0225. The summed E-state index contributed by atoms with van der Waals surface area (Å²) in [5, 5.41) is 12.3. The molecule has 6 nitrogen and oxygen atoms in total. The number of morpholine rings is 1. The van der Waals surface area contributed by atoms with Crippen LogP contribution in [0.4, 0.5) is 15.9 Å². The molecular formula is C25H26FN3O3. The molecule has 0 aliphatic carbocycles. The zero-order chi connectivity index (χ0) is 22.5. The van der Waals surface area contributed by atoms with Gasteiger partial charge in [0, 0.05) is 30.5 Å². The largest absolute Gasteiger partial charge is 0.394 e. The number of benzene rings is 2. The van der Waals surface area contributed by atoms with Crippen LogP contribution in [0.3, 0.4) is 0 Å². The standard InChI is InChI=1S/C25H26FN3O3/c1-17-5-6-21(28-25(31)20-4-2-3-18(11-20)14-26)13-23(17)19-7-8-27-24(12-19)29-9-10-32-22(15-29)16-30/h2-8,11-13,22,30H,9-10,14-16H2,1H3,(H,28,31)/t22-/m0/s1. The molecule has 166 valence electrons. The Labute approximate surface area is 186 Å². The van der Waals surface area contributed by atoms with Gasteiger partial charge >= 0.3 is 0 Å². The van der Waals surface area contributed by atoms with Crippen molar-refractivity contribution in [2.75, 3.05) is 36.5 Å². The van der Waals surface area contributed by atoms with E-state index in [0.29, 0.717) is 36.5 Å². The summed E-state index contributed by atoms with van der Waals surface area (Å²) in [6.45, 7) is 3.22. The second-order valence-corrected chi connectivity index (χ2v) is 7.84. The van der Waals surface area contributed by atoms with Gasteiger partial charge in [-0.3, -0.25) is 4.79 Å². The lowest BCUT2D eigenvalue weighted by Gasteiger charge is -2.33. The maximum atomic E-state index is 12.9. The third kappa shape index (κ3) is 4.95. The zero-order valence-corrected chi connectivity index (χ0v) is 17.9. The van der Waals surface area contributed by atoms with Gasteiger partial charge in [-0.15, -0.1) is 0 Å². The molecule has 2 N–H and O–H groups in total. The quantitative estimate of drug-likeness (QED) is 0.613. The molecule has 1 aliphatic rings. The van der Waals surface area contributed by atoms with Gasteiger partial charge in [0.15, 0.2) is 0 Å². The highest BCUT2D eigenvalue weighted by molar-refractivity contribution is 6.04. The van der Waals surface area contributed by atoms with Crippen molar-refractivity contribution >= 4 is 17.4 Å². The van der Waals surface area contributed by atoms with Gasteiger partial charge in [0.2, 0.25) is 0 Å². The Hall–Kier alpha value is -3.29. The van der Waals surface area contributed by atoms with Crippen molar-refractivity contribution in [1.29, 1.82) is 0 Å². The Morgan fingerprint density at radius 1 is 1.25 bits per heavy atom. The molecule has 0 spiro atoms. The summed E-state index contributed by atoms with van der Waals surface area (Å²) >= 11 is 0. The lowest BCUT2D eigenvalue weighted by molar-refractivity contribution is 0.00336. The first-order valence-electron chi connectivity index (χ1n) is 10.6. The molecule has 4 rings (SSSR count). The minimum Gasteiger partial charge on any atom is -0.394 e. The van der Waals surface area contributed by atoms with Gasteiger partial charge in [0.05, 0.1) is 19.3 Å². The van der Waals surface area contributed by atoms with Gasteiger partial charge in [-0.2, -0.15) is 0 Å². The van der Waals surface area contributed by atoms with Gasteiger partial charge in [-0.1, -0.05) is 18.2 Å². The van der Waals surface area contributed by atoms with Crippen LogP contribution in [0.1, 0.15) is 21.5 Å². The van der Waals surface area contributed by atoms with E-state index >= 15 is 0 Å². The second-order valence-electron chi connectivity index (χ2n) is 7.84. The Kier molecular flexibility index (Phi) is 6.78. The summed E-state index contributed by atoms with van der Waals surface area (Å²) < 4.78 is 18.5. The molecule has 0 unspecified atom stereocenters. The number of ether oxygens (including phenoxy) is 1. The van der Waals surface area contributed by atoms with Crippen molar-refractivity contribution in [1.82, 2.24) is 4.98 Å². The van der Waals surface area contributed by atoms with Gasteiger partial charge < -0.3 is 20.1 Å². The number of anilines is 2. The van der Waals surface area contributed by atoms with E-state index in [-0.39, 0.29) is 18.6 Å². The lowest BCUT2D eigenvalue weighted by Crippen LogP contribution is -2.44. The number of nitrogens with zero attached hydrogens (tertiary/aromatic N) is 2. The summed E-state index contributed by atoms with van der Waals surface area (Å²) in [5.74, 6) is 0.537. The normalized spacial score (nSPS) is 16.1. The van der Waals surface area contributed by atoms with Crippen LogP contribution in [0.2, 0.25) is 0 Å². The van der Waals surface area contributed by atoms with Crippen molar-refractivity contribution in [2.24, 2.45) is 0 Å². The van der Waals surface area contributed by atoms with Gasteiger partial charge in [-0.25, -0.2) is 9.37 Å². The van der Waals surface area contributed by atoms with Crippen LogP contribution >= 0.6 is 0 Å². The van der Waals surface area contributed by atoms with Crippen molar-refractivity contribution in [3.05, 3.63) is 77.5 Å². The Morgan fingerprint density at radius 3 is 2.94 bits per heavy atom. The van der Waals surface area contributed by atoms with E-state index < -0.39 is 6.67 Å². The van der Waals surface area contributed by atoms with Gasteiger partial charge in [-0.05, 0) is 65.6 Å². The minimum atomic E-state index is -0.609. The molecule has 2 aromatic carbocycles. The smallest absolute Gasteiger partial charge is 0.255 e. The van der Waals surface area contributed by atoms with E-state index in [2.05, 4.69) is 15.2 Å². The molecule has 1 aromatic heterocycles. The van der Waals surface area contributed by atoms with Crippen molar-refractivity contribution in [3.8, 4) is 11.1 Å². The van der Waals surface area contributed by atoms with E-state index in [4.69, 9.17) is 4.74 Å². The summed E-state index contributed by atoms with van der Waals surface area (Å²) in [4.78, 5) is 19.3. The van der Waals surface area contributed by atoms with Crippen LogP contribution in [0, 0.1) is 6.92 Å². The molecule has 1 amide bonds. The van der Waals surface area contributed by atoms with E-state index in [1.807, 2.05) is 37.3 Å². The van der Waals surface area contributed by atoms with Gasteiger partial charge in [0.25, 0.3) is 5.91 Å². The number of aryl methyl sites for hydroxylation is 1. The Morgan fingerprint density at radius 2 is 2.12 bits per heavy atom. The fourth-order valence-corrected chi connectivity index (χ4v) is 3.81. The van der Waals surface area contributed by atoms with Crippen LogP contribution in [0.5, 0.6) is 0 Å². The zero-order valence-electron chi connectivity index (χ0n) is 17.9. The topological polar surface area (TPSA) is 74.7 Å². The molecular weight excluding hydrogens is 409 g/mol. The van der Waals surface area contributed by atoms with Crippen LogP contribution in [0.15, 0.2) is 60.8 Å². The van der Waals surface area contributed by atoms with Gasteiger partial charge in [0.1, 0.15) is 12.5 Å². The van der Waals surface area contributed by atoms with E-state index in [1.54, 1.807) is 30.5 Å². The van der Waals surface area contributed by atoms with Crippen molar-refractivity contribution in [3.63, 3.8) is 0 Å². The average Bonchev–Trinajstić information content (AvgIpc) is 2.85. The number of carbonyl (C=O) groups excluding carboxylic acids is 1. The summed E-state index contributed by atoms with van der Waals surface area (Å²) in [6.07, 6.45) is 1.55. The number of rotatable bonds is 6. The highest BCUT2D eigenvalue weighted by atomic mass is 19.1. The van der Waals surface area contributed by atoms with E-state index in [0.717, 1.165) is 22.5 Å². The average molecular weight is 435 g/mol. The molecule has 0 saturated carbocycles. The molecule has 1 aliphatic heterocycles. The summed E-state index contributed by atoms with van der Waals surface area (Å²) in [6, 6.07) is 16.2.